The molecule has 1 rings (SSSR count). The minimum absolute atomic E-state index is 0.127. The van der Waals surface area contributed by atoms with Gasteiger partial charge < -0.3 is 15.0 Å². The van der Waals surface area contributed by atoms with E-state index in [1.54, 1.807) is 0 Å². The lowest BCUT2D eigenvalue weighted by Crippen LogP contribution is -2.34. The molecule has 0 saturated carbocycles. The molecule has 1 aromatic rings. The Kier molecular flexibility index (Phi) is 5.34. The quantitative estimate of drug-likeness (QED) is 0.806. The zero-order valence-corrected chi connectivity index (χ0v) is 11.6. The molecule has 0 aromatic carbocycles. The van der Waals surface area contributed by atoms with Gasteiger partial charge in [-0.1, -0.05) is 13.8 Å². The molecule has 5 nitrogen and oxygen atoms in total. The maximum atomic E-state index is 11.6. The van der Waals surface area contributed by atoms with Gasteiger partial charge in [-0.15, -0.1) is 0 Å². The second-order valence-corrected chi connectivity index (χ2v) is 5.01. The maximum absolute atomic E-state index is 11.6. The number of rotatable bonds is 6. The maximum Gasteiger partial charge on any atom is 0.252 e. The standard InChI is InChI=1S/C13H23N3O2/c1-9(2)13-14-11(8-12(18)15-13)16(10(3)4)6-5-7-17/h8-10,17H,5-7H2,1-4H3,(H,14,15,18). The first-order chi connectivity index (χ1) is 8.45. The number of nitrogens with one attached hydrogen (secondary N) is 1. The first-order valence-electron chi connectivity index (χ1n) is 6.44. The molecule has 0 radical (unpaired) electrons. The van der Waals surface area contributed by atoms with Gasteiger partial charge in [0.15, 0.2) is 0 Å². The lowest BCUT2D eigenvalue weighted by molar-refractivity contribution is 0.288. The van der Waals surface area contributed by atoms with E-state index in [4.69, 9.17) is 5.11 Å². The third kappa shape index (κ3) is 3.84. The number of anilines is 1. The summed E-state index contributed by atoms with van der Waals surface area (Å²) in [4.78, 5) is 20.9. The SMILES string of the molecule is CC(C)c1nc(N(CCCO)C(C)C)cc(=O)[nH]1. The highest BCUT2D eigenvalue weighted by molar-refractivity contribution is 5.38. The normalized spacial score (nSPS) is 11.3. The molecule has 0 fully saturated rings. The van der Waals surface area contributed by atoms with Crippen molar-refractivity contribution < 1.29 is 5.11 Å². The molecular formula is C13H23N3O2. The van der Waals surface area contributed by atoms with E-state index in [0.29, 0.717) is 24.6 Å². The van der Waals surface area contributed by atoms with Gasteiger partial charge in [0.05, 0.1) is 0 Å². The Hall–Kier alpha value is -1.36. The van der Waals surface area contributed by atoms with E-state index in [2.05, 4.69) is 23.8 Å². The lowest BCUT2D eigenvalue weighted by Gasteiger charge is -2.28. The van der Waals surface area contributed by atoms with Gasteiger partial charge in [-0.2, -0.15) is 0 Å². The van der Waals surface area contributed by atoms with Crippen LogP contribution in [0.2, 0.25) is 0 Å². The van der Waals surface area contributed by atoms with E-state index in [0.717, 1.165) is 0 Å². The monoisotopic (exact) mass is 253 g/mol. The lowest BCUT2D eigenvalue weighted by atomic mass is 10.2. The second-order valence-electron chi connectivity index (χ2n) is 5.01. The van der Waals surface area contributed by atoms with Crippen LogP contribution in [0.25, 0.3) is 0 Å². The van der Waals surface area contributed by atoms with Gasteiger partial charge in [0, 0.05) is 31.2 Å². The Labute approximate surface area is 108 Å². The topological polar surface area (TPSA) is 69.2 Å². The summed E-state index contributed by atoms with van der Waals surface area (Å²) in [5.74, 6) is 1.57. The molecule has 0 amide bonds. The zero-order chi connectivity index (χ0) is 13.7. The molecule has 1 aromatic heterocycles. The molecule has 0 saturated heterocycles. The van der Waals surface area contributed by atoms with E-state index < -0.39 is 0 Å². The first-order valence-corrected chi connectivity index (χ1v) is 6.44. The van der Waals surface area contributed by atoms with E-state index in [1.807, 2.05) is 18.7 Å². The van der Waals surface area contributed by atoms with Crippen LogP contribution in [0.3, 0.4) is 0 Å². The molecule has 0 spiro atoms. The smallest absolute Gasteiger partial charge is 0.252 e. The average Bonchev–Trinajstić information content (AvgIpc) is 2.28. The molecular weight excluding hydrogens is 230 g/mol. The van der Waals surface area contributed by atoms with Crippen LogP contribution in [0.4, 0.5) is 5.82 Å². The third-order valence-corrected chi connectivity index (χ3v) is 2.77. The predicted molar refractivity (Wildman–Crippen MR) is 73.1 cm³/mol. The Balaban J connectivity index is 3.07. The van der Waals surface area contributed by atoms with E-state index >= 15 is 0 Å². The molecule has 18 heavy (non-hydrogen) atoms. The van der Waals surface area contributed by atoms with Crippen LogP contribution in [0, 0.1) is 0 Å². The predicted octanol–water partition coefficient (Wildman–Crippen LogP) is 1.49. The summed E-state index contributed by atoms with van der Waals surface area (Å²) in [5, 5.41) is 8.93. The van der Waals surface area contributed by atoms with E-state index in [1.165, 1.54) is 6.07 Å². The van der Waals surface area contributed by atoms with Gasteiger partial charge in [0.1, 0.15) is 11.6 Å². The van der Waals surface area contributed by atoms with Crippen molar-refractivity contribution in [2.24, 2.45) is 0 Å². The van der Waals surface area contributed by atoms with Crippen molar-refractivity contribution in [2.75, 3.05) is 18.1 Å². The third-order valence-electron chi connectivity index (χ3n) is 2.77. The Bertz CT molecular complexity index is 426. The van der Waals surface area contributed by atoms with Gasteiger partial charge in [-0.25, -0.2) is 4.98 Å². The largest absolute Gasteiger partial charge is 0.396 e. The molecule has 0 aliphatic heterocycles. The summed E-state index contributed by atoms with van der Waals surface area (Å²) in [5.41, 5.74) is -0.127. The van der Waals surface area contributed by atoms with E-state index in [-0.39, 0.29) is 24.1 Å². The summed E-state index contributed by atoms with van der Waals surface area (Å²) in [7, 11) is 0. The molecule has 0 atom stereocenters. The highest BCUT2D eigenvalue weighted by atomic mass is 16.3. The molecule has 0 unspecified atom stereocenters. The Morgan fingerprint density at radius 1 is 1.39 bits per heavy atom. The first kappa shape index (κ1) is 14.7. The summed E-state index contributed by atoms with van der Waals surface area (Å²) in [6.45, 7) is 8.93. The highest BCUT2D eigenvalue weighted by Gasteiger charge is 2.14. The minimum atomic E-state index is -0.127. The van der Waals surface area contributed by atoms with Gasteiger partial charge in [0.25, 0.3) is 5.56 Å². The molecule has 5 heteroatoms. The Morgan fingerprint density at radius 2 is 2.06 bits per heavy atom. The van der Waals surface area contributed by atoms with Crippen molar-refractivity contribution in [1.29, 1.82) is 0 Å². The number of hydrogen-bond acceptors (Lipinski definition) is 4. The molecule has 1 heterocycles. The summed E-state index contributed by atoms with van der Waals surface area (Å²) >= 11 is 0. The van der Waals surface area contributed by atoms with Crippen LogP contribution in [0.1, 0.15) is 45.9 Å². The highest BCUT2D eigenvalue weighted by Crippen LogP contribution is 2.15. The molecule has 0 aliphatic rings. The van der Waals surface area contributed by atoms with Crippen molar-refractivity contribution in [3.05, 3.63) is 22.2 Å². The summed E-state index contributed by atoms with van der Waals surface area (Å²) < 4.78 is 0. The number of aliphatic hydroxyl groups excluding tert-OH is 1. The Morgan fingerprint density at radius 3 is 2.56 bits per heavy atom. The molecule has 102 valence electrons. The minimum Gasteiger partial charge on any atom is -0.396 e. The number of nitrogens with zero attached hydrogens (tertiary/aromatic N) is 2. The number of H-pyrrole nitrogens is 1. The van der Waals surface area contributed by atoms with Gasteiger partial charge >= 0.3 is 0 Å². The second kappa shape index (κ2) is 6.54. The number of aromatic amines is 1. The zero-order valence-electron chi connectivity index (χ0n) is 11.6. The van der Waals surface area contributed by atoms with Crippen molar-refractivity contribution >= 4 is 5.82 Å². The molecule has 0 bridgehead atoms. The fraction of sp³-hybridized carbons (Fsp3) is 0.692. The van der Waals surface area contributed by atoms with Crippen molar-refractivity contribution in [1.82, 2.24) is 9.97 Å². The number of hydrogen-bond donors (Lipinski definition) is 2. The molecule has 2 N–H and O–H groups in total. The van der Waals surface area contributed by atoms with E-state index in [9.17, 15) is 4.79 Å². The summed E-state index contributed by atoms with van der Waals surface area (Å²) in [6, 6.07) is 1.76. The van der Waals surface area contributed by atoms with Crippen LogP contribution >= 0.6 is 0 Å². The van der Waals surface area contributed by atoms with Crippen molar-refractivity contribution in [3.63, 3.8) is 0 Å². The van der Waals surface area contributed by atoms with Crippen molar-refractivity contribution in [3.8, 4) is 0 Å². The van der Waals surface area contributed by atoms with Crippen LogP contribution in [-0.2, 0) is 0 Å². The average molecular weight is 253 g/mol. The van der Waals surface area contributed by atoms with Crippen LogP contribution in [-0.4, -0.2) is 34.3 Å². The van der Waals surface area contributed by atoms with Gasteiger partial charge in [-0.3, -0.25) is 4.79 Å². The molecule has 0 aliphatic carbocycles. The van der Waals surface area contributed by atoms with Crippen LogP contribution in [0.5, 0.6) is 0 Å². The van der Waals surface area contributed by atoms with Crippen LogP contribution in [0.15, 0.2) is 10.9 Å². The number of aliphatic hydroxyl groups is 1. The fourth-order valence-electron chi connectivity index (χ4n) is 1.76. The summed E-state index contributed by atoms with van der Waals surface area (Å²) in [6.07, 6.45) is 0.670. The number of aromatic nitrogens is 2. The van der Waals surface area contributed by atoms with Gasteiger partial charge in [0.2, 0.25) is 0 Å². The van der Waals surface area contributed by atoms with Gasteiger partial charge in [-0.05, 0) is 20.3 Å². The van der Waals surface area contributed by atoms with Crippen LogP contribution < -0.4 is 10.5 Å². The van der Waals surface area contributed by atoms with Crippen molar-refractivity contribution in [2.45, 2.75) is 46.1 Å². The fourth-order valence-corrected chi connectivity index (χ4v) is 1.76.